The molecule has 6 heteroatoms. The maximum Gasteiger partial charge on any atom is 0.300 e. The summed E-state index contributed by atoms with van der Waals surface area (Å²) < 4.78 is 5.43. The third-order valence-corrected chi connectivity index (χ3v) is 5.87. The van der Waals surface area contributed by atoms with Gasteiger partial charge in [0.25, 0.3) is 11.7 Å². The number of ketones is 1. The van der Waals surface area contributed by atoms with Crippen LogP contribution >= 0.6 is 11.3 Å². The Morgan fingerprint density at radius 1 is 1.07 bits per heavy atom. The fourth-order valence-electron chi connectivity index (χ4n) is 3.62. The van der Waals surface area contributed by atoms with Crippen molar-refractivity contribution >= 4 is 28.7 Å². The standard InChI is InChI=1S/C23H19NO4S/c1-14-11-16(13-29-14)15-7-9-17(10-8-15)24-21(19(12-25)22(26)23(24)27)18-5-3-4-6-20(18)28-2/h3-13,21,25H,1-2H3. The maximum absolute atomic E-state index is 12.8. The summed E-state index contributed by atoms with van der Waals surface area (Å²) in [5.41, 5.74) is 3.37. The number of ether oxygens (including phenoxy) is 1. The van der Waals surface area contributed by atoms with Crippen molar-refractivity contribution < 1.29 is 19.4 Å². The van der Waals surface area contributed by atoms with Crippen LogP contribution < -0.4 is 9.64 Å². The minimum Gasteiger partial charge on any atom is -0.515 e. The molecule has 1 atom stereocenters. The number of Topliss-reactive ketones (excluding diaryl/α,β-unsaturated/α-hetero) is 1. The number of carbonyl (C=O) groups is 2. The second-order valence-corrected chi connectivity index (χ2v) is 7.84. The van der Waals surface area contributed by atoms with Gasteiger partial charge in [-0.3, -0.25) is 14.5 Å². The summed E-state index contributed by atoms with van der Waals surface area (Å²) in [4.78, 5) is 28.0. The lowest BCUT2D eigenvalue weighted by atomic mass is 9.98. The fourth-order valence-corrected chi connectivity index (χ4v) is 4.33. The monoisotopic (exact) mass is 405 g/mol. The number of methoxy groups -OCH3 is 1. The molecule has 2 aromatic carbocycles. The van der Waals surface area contributed by atoms with Crippen molar-refractivity contribution in [3.8, 4) is 16.9 Å². The van der Waals surface area contributed by atoms with Gasteiger partial charge in [0.2, 0.25) is 0 Å². The highest BCUT2D eigenvalue weighted by molar-refractivity contribution is 7.10. The first-order valence-electron chi connectivity index (χ1n) is 9.05. The number of hydrogen-bond donors (Lipinski definition) is 1. The van der Waals surface area contributed by atoms with Crippen LogP contribution in [0.15, 0.2) is 71.8 Å². The van der Waals surface area contributed by atoms with E-state index in [9.17, 15) is 14.7 Å². The number of aliphatic hydroxyl groups excluding tert-OH is 1. The number of thiophene rings is 1. The zero-order valence-corrected chi connectivity index (χ0v) is 16.8. The van der Waals surface area contributed by atoms with Gasteiger partial charge in [0.1, 0.15) is 5.75 Å². The van der Waals surface area contributed by atoms with Gasteiger partial charge in [-0.25, -0.2) is 0 Å². The molecule has 4 rings (SSSR count). The Morgan fingerprint density at radius 3 is 2.41 bits per heavy atom. The van der Waals surface area contributed by atoms with Gasteiger partial charge in [0, 0.05) is 16.1 Å². The molecule has 1 N–H and O–H groups in total. The number of para-hydroxylation sites is 1. The van der Waals surface area contributed by atoms with Gasteiger partial charge in [-0.1, -0.05) is 30.3 Å². The molecule has 0 spiro atoms. The van der Waals surface area contributed by atoms with Crippen LogP contribution in [0.25, 0.3) is 11.1 Å². The van der Waals surface area contributed by atoms with Crippen molar-refractivity contribution in [2.24, 2.45) is 0 Å². The Morgan fingerprint density at radius 2 is 1.79 bits per heavy atom. The van der Waals surface area contributed by atoms with E-state index in [1.54, 1.807) is 29.5 Å². The fraction of sp³-hybridized carbons (Fsp3) is 0.130. The topological polar surface area (TPSA) is 66.8 Å². The summed E-state index contributed by atoms with van der Waals surface area (Å²) in [6, 6.07) is 16.0. The Labute approximate surface area is 172 Å². The minimum atomic E-state index is -0.759. The Balaban J connectivity index is 1.79. The van der Waals surface area contributed by atoms with E-state index in [-0.39, 0.29) is 5.57 Å². The average molecular weight is 405 g/mol. The van der Waals surface area contributed by atoms with Crippen LogP contribution in [0.1, 0.15) is 16.5 Å². The van der Waals surface area contributed by atoms with Crippen molar-refractivity contribution in [1.29, 1.82) is 0 Å². The van der Waals surface area contributed by atoms with E-state index in [4.69, 9.17) is 4.74 Å². The number of rotatable bonds is 4. The average Bonchev–Trinajstić information content (AvgIpc) is 3.29. The van der Waals surface area contributed by atoms with Crippen molar-refractivity contribution in [2.75, 3.05) is 12.0 Å². The summed E-state index contributed by atoms with van der Waals surface area (Å²) >= 11 is 1.68. The second kappa shape index (κ2) is 7.56. The zero-order valence-electron chi connectivity index (χ0n) is 16.0. The number of carbonyl (C=O) groups excluding carboxylic acids is 2. The molecule has 1 aliphatic rings. The molecule has 29 heavy (non-hydrogen) atoms. The van der Waals surface area contributed by atoms with Gasteiger partial charge in [0.15, 0.2) is 0 Å². The van der Waals surface area contributed by atoms with Crippen molar-refractivity contribution in [3.63, 3.8) is 0 Å². The van der Waals surface area contributed by atoms with Crippen molar-refractivity contribution in [2.45, 2.75) is 13.0 Å². The SMILES string of the molecule is COc1ccccc1C1C(=CO)C(=O)C(=O)N1c1ccc(-c2csc(C)c2)cc1. The van der Waals surface area contributed by atoms with Crippen LogP contribution in [-0.2, 0) is 9.59 Å². The van der Waals surface area contributed by atoms with E-state index in [1.807, 2.05) is 30.3 Å². The number of aryl methyl sites for hydroxylation is 1. The largest absolute Gasteiger partial charge is 0.515 e. The Hall–Kier alpha value is -3.38. The molecule has 0 radical (unpaired) electrons. The molecule has 1 unspecified atom stereocenters. The van der Waals surface area contributed by atoms with E-state index < -0.39 is 17.7 Å². The summed E-state index contributed by atoms with van der Waals surface area (Å²) in [6.45, 7) is 2.05. The first-order chi connectivity index (χ1) is 14.0. The molecule has 146 valence electrons. The van der Waals surface area contributed by atoms with Crippen LogP contribution in [0.2, 0.25) is 0 Å². The number of hydrogen-bond acceptors (Lipinski definition) is 5. The van der Waals surface area contributed by atoms with Crippen molar-refractivity contribution in [3.05, 3.63) is 82.3 Å². The molecular weight excluding hydrogens is 386 g/mol. The molecule has 2 heterocycles. The summed E-state index contributed by atoms with van der Waals surface area (Å²) in [5, 5.41) is 11.8. The predicted octanol–water partition coefficient (Wildman–Crippen LogP) is 4.83. The number of benzene rings is 2. The lowest BCUT2D eigenvalue weighted by Gasteiger charge is -2.26. The maximum atomic E-state index is 12.8. The van der Waals surface area contributed by atoms with Crippen LogP contribution in [0.4, 0.5) is 5.69 Å². The van der Waals surface area contributed by atoms with E-state index in [0.29, 0.717) is 17.0 Å². The van der Waals surface area contributed by atoms with Gasteiger partial charge in [-0.05, 0) is 47.7 Å². The molecule has 1 fully saturated rings. The van der Waals surface area contributed by atoms with Crippen LogP contribution in [0, 0.1) is 6.92 Å². The lowest BCUT2D eigenvalue weighted by molar-refractivity contribution is -0.132. The Kier molecular flexibility index (Phi) is 4.94. The van der Waals surface area contributed by atoms with E-state index in [2.05, 4.69) is 18.4 Å². The molecule has 1 saturated heterocycles. The second-order valence-electron chi connectivity index (χ2n) is 6.73. The number of amides is 1. The van der Waals surface area contributed by atoms with Gasteiger partial charge in [-0.15, -0.1) is 11.3 Å². The van der Waals surface area contributed by atoms with Crippen LogP contribution in [-0.4, -0.2) is 23.9 Å². The molecule has 3 aromatic rings. The first kappa shape index (κ1) is 19.0. The van der Waals surface area contributed by atoms with E-state index in [1.165, 1.54) is 16.9 Å². The first-order valence-corrected chi connectivity index (χ1v) is 9.93. The molecule has 1 aliphatic heterocycles. The minimum absolute atomic E-state index is 0.0250. The summed E-state index contributed by atoms with van der Waals surface area (Å²) in [7, 11) is 1.53. The van der Waals surface area contributed by atoms with Gasteiger partial charge in [0.05, 0.1) is 25.0 Å². The highest BCUT2D eigenvalue weighted by Crippen LogP contribution is 2.42. The zero-order chi connectivity index (χ0) is 20.5. The van der Waals surface area contributed by atoms with Crippen LogP contribution in [0.3, 0.4) is 0 Å². The molecule has 1 aromatic heterocycles. The normalized spacial score (nSPS) is 17.9. The van der Waals surface area contributed by atoms with Gasteiger partial charge in [-0.2, -0.15) is 0 Å². The lowest BCUT2D eigenvalue weighted by Crippen LogP contribution is -2.29. The van der Waals surface area contributed by atoms with Crippen LogP contribution in [0.5, 0.6) is 5.75 Å². The molecule has 0 saturated carbocycles. The predicted molar refractivity (Wildman–Crippen MR) is 113 cm³/mol. The molecule has 1 amide bonds. The number of aliphatic hydroxyl groups is 1. The molecule has 0 aliphatic carbocycles. The third-order valence-electron chi connectivity index (χ3n) is 5.01. The molecule has 0 bridgehead atoms. The molecular formula is C23H19NO4S. The quantitative estimate of drug-likeness (QED) is 0.383. The van der Waals surface area contributed by atoms with Gasteiger partial charge >= 0.3 is 0 Å². The highest BCUT2D eigenvalue weighted by Gasteiger charge is 2.46. The van der Waals surface area contributed by atoms with E-state index >= 15 is 0 Å². The number of anilines is 1. The summed E-state index contributed by atoms with van der Waals surface area (Å²) in [6.07, 6.45) is 0.722. The third kappa shape index (κ3) is 3.21. The van der Waals surface area contributed by atoms with Crippen molar-refractivity contribution in [1.82, 2.24) is 0 Å². The number of nitrogens with zero attached hydrogens (tertiary/aromatic N) is 1. The smallest absolute Gasteiger partial charge is 0.300 e. The highest BCUT2D eigenvalue weighted by atomic mass is 32.1. The molecule has 5 nitrogen and oxygen atoms in total. The van der Waals surface area contributed by atoms with E-state index in [0.717, 1.165) is 17.4 Å². The Bertz CT molecular complexity index is 1110. The van der Waals surface area contributed by atoms with Gasteiger partial charge < -0.3 is 9.84 Å². The summed E-state index contributed by atoms with van der Waals surface area (Å²) in [5.74, 6) is -0.865.